The van der Waals surface area contributed by atoms with Crippen LogP contribution in [-0.2, 0) is 0 Å². The molecule has 0 aromatic heterocycles. The molecule has 0 atom stereocenters. The van der Waals surface area contributed by atoms with E-state index in [1.165, 1.54) is 31.9 Å². The Bertz CT molecular complexity index is 1060. The van der Waals surface area contributed by atoms with Gasteiger partial charge in [-0.25, -0.2) is 0 Å². The van der Waals surface area contributed by atoms with Gasteiger partial charge in [0.05, 0.1) is 0 Å². The lowest BCUT2D eigenvalue weighted by atomic mass is 10.1. The molecular formula is C26H20Si. The van der Waals surface area contributed by atoms with Crippen molar-refractivity contribution in [3.8, 4) is 0 Å². The zero-order valence-electron chi connectivity index (χ0n) is 15.0. The van der Waals surface area contributed by atoms with Gasteiger partial charge in [0.25, 0.3) is 0 Å². The summed E-state index contributed by atoms with van der Waals surface area (Å²) in [5.74, 6) is 0. The highest BCUT2D eigenvalue weighted by Gasteiger charge is 2.47. The molecule has 0 N–H and O–H groups in total. The SMILES string of the molecule is C1=C(c2ccccc2)[Si](c2ccccc2)(c2ccccc2)c2ccccc21. The van der Waals surface area contributed by atoms with Crippen molar-refractivity contribution in [1.29, 1.82) is 0 Å². The maximum atomic E-state index is 2.43. The molecule has 0 spiro atoms. The number of rotatable bonds is 3. The molecule has 1 heteroatoms. The van der Waals surface area contributed by atoms with E-state index >= 15 is 0 Å². The maximum absolute atomic E-state index is 2.43. The highest BCUT2D eigenvalue weighted by molar-refractivity contribution is 7.24. The van der Waals surface area contributed by atoms with Gasteiger partial charge in [-0.2, -0.15) is 0 Å². The van der Waals surface area contributed by atoms with Crippen LogP contribution in [0, 0.1) is 0 Å². The summed E-state index contributed by atoms with van der Waals surface area (Å²) in [6, 6.07) is 42.1. The van der Waals surface area contributed by atoms with Gasteiger partial charge in [0.2, 0.25) is 0 Å². The van der Waals surface area contributed by atoms with Crippen molar-refractivity contribution in [1.82, 2.24) is 0 Å². The lowest BCUT2D eigenvalue weighted by Crippen LogP contribution is -2.66. The Kier molecular flexibility index (Phi) is 3.88. The second kappa shape index (κ2) is 6.53. The molecule has 0 aliphatic carbocycles. The monoisotopic (exact) mass is 360 g/mol. The summed E-state index contributed by atoms with van der Waals surface area (Å²) in [7, 11) is -2.31. The Morgan fingerprint density at radius 1 is 0.444 bits per heavy atom. The molecule has 128 valence electrons. The highest BCUT2D eigenvalue weighted by Crippen LogP contribution is 2.34. The molecule has 0 saturated carbocycles. The third-order valence-corrected chi connectivity index (χ3v) is 10.5. The van der Waals surface area contributed by atoms with Crippen LogP contribution in [0.4, 0.5) is 0 Å². The fourth-order valence-electron chi connectivity index (χ4n) is 4.46. The minimum absolute atomic E-state index is 1.33. The van der Waals surface area contributed by atoms with Gasteiger partial charge in [-0.15, -0.1) is 0 Å². The summed E-state index contributed by atoms with van der Waals surface area (Å²) in [6.45, 7) is 0. The first-order chi connectivity index (χ1) is 13.4. The quantitative estimate of drug-likeness (QED) is 0.479. The lowest BCUT2D eigenvalue weighted by molar-refractivity contribution is 1.64. The predicted molar refractivity (Wildman–Crippen MR) is 118 cm³/mol. The molecule has 4 aromatic carbocycles. The first-order valence-electron chi connectivity index (χ1n) is 9.39. The highest BCUT2D eigenvalue weighted by atomic mass is 28.3. The van der Waals surface area contributed by atoms with Crippen LogP contribution in [0.5, 0.6) is 0 Å². The van der Waals surface area contributed by atoms with Gasteiger partial charge in [-0.05, 0) is 31.9 Å². The van der Waals surface area contributed by atoms with Crippen molar-refractivity contribution in [3.05, 3.63) is 126 Å². The number of benzene rings is 4. The lowest BCUT2D eigenvalue weighted by Gasteiger charge is -2.33. The zero-order valence-corrected chi connectivity index (χ0v) is 16.0. The zero-order chi connectivity index (χ0) is 18.1. The minimum atomic E-state index is -2.31. The van der Waals surface area contributed by atoms with Gasteiger partial charge in [-0.1, -0.05) is 121 Å². The molecule has 27 heavy (non-hydrogen) atoms. The van der Waals surface area contributed by atoms with E-state index in [0.717, 1.165) is 0 Å². The second-order valence-electron chi connectivity index (χ2n) is 6.99. The summed E-state index contributed by atoms with van der Waals surface area (Å²) in [6.07, 6.45) is 2.43. The van der Waals surface area contributed by atoms with E-state index in [2.05, 4.69) is 121 Å². The Morgan fingerprint density at radius 2 is 0.926 bits per heavy atom. The molecule has 1 heterocycles. The molecular weight excluding hydrogens is 340 g/mol. The average Bonchev–Trinajstić information content (AvgIpc) is 3.12. The Hall–Kier alpha value is -3.16. The number of hydrogen-bond acceptors (Lipinski definition) is 0. The molecule has 0 nitrogen and oxygen atoms in total. The third kappa shape index (κ3) is 2.43. The van der Waals surface area contributed by atoms with Crippen LogP contribution in [0.2, 0.25) is 0 Å². The van der Waals surface area contributed by atoms with Gasteiger partial charge >= 0.3 is 0 Å². The van der Waals surface area contributed by atoms with Crippen LogP contribution in [0.1, 0.15) is 11.1 Å². The van der Waals surface area contributed by atoms with Gasteiger partial charge in [0.15, 0.2) is 8.07 Å². The van der Waals surface area contributed by atoms with Crippen molar-refractivity contribution in [3.63, 3.8) is 0 Å². The van der Waals surface area contributed by atoms with Gasteiger partial charge < -0.3 is 0 Å². The maximum Gasteiger partial charge on any atom is 0.180 e. The molecule has 1 aliphatic heterocycles. The summed E-state index contributed by atoms with van der Waals surface area (Å²) in [5, 5.41) is 5.84. The van der Waals surface area contributed by atoms with Crippen molar-refractivity contribution >= 4 is 34.9 Å². The Balaban J connectivity index is 1.91. The molecule has 0 unspecified atom stereocenters. The van der Waals surface area contributed by atoms with Crippen molar-refractivity contribution < 1.29 is 0 Å². The first-order valence-corrected chi connectivity index (χ1v) is 11.4. The van der Waals surface area contributed by atoms with Crippen molar-refractivity contribution in [2.45, 2.75) is 0 Å². The van der Waals surface area contributed by atoms with E-state index < -0.39 is 8.07 Å². The average molecular weight is 361 g/mol. The van der Waals surface area contributed by atoms with Crippen LogP contribution >= 0.6 is 0 Å². The van der Waals surface area contributed by atoms with E-state index in [4.69, 9.17) is 0 Å². The van der Waals surface area contributed by atoms with E-state index in [0.29, 0.717) is 0 Å². The van der Waals surface area contributed by atoms with Crippen molar-refractivity contribution in [2.75, 3.05) is 0 Å². The first kappa shape index (κ1) is 16.0. The third-order valence-electron chi connectivity index (χ3n) is 5.57. The molecule has 1 aliphatic rings. The smallest absolute Gasteiger partial charge is 0.0623 e. The normalized spacial score (nSPS) is 14.4. The van der Waals surface area contributed by atoms with Crippen LogP contribution in [-0.4, -0.2) is 8.07 Å². The van der Waals surface area contributed by atoms with Crippen LogP contribution < -0.4 is 15.6 Å². The molecule has 0 fully saturated rings. The fraction of sp³-hybridized carbons (Fsp3) is 0. The van der Waals surface area contributed by atoms with E-state index in [9.17, 15) is 0 Å². The fourth-order valence-corrected chi connectivity index (χ4v) is 9.61. The number of hydrogen-bond donors (Lipinski definition) is 0. The van der Waals surface area contributed by atoms with Crippen LogP contribution in [0.15, 0.2) is 115 Å². The van der Waals surface area contributed by atoms with Crippen LogP contribution in [0.3, 0.4) is 0 Å². The molecule has 0 amide bonds. The standard InChI is InChI=1S/C26H20Si/c1-4-12-21(13-5-1)26-20-22-14-10-11-19-25(22)27(26,23-15-6-2-7-16-23)24-17-8-3-9-18-24/h1-20H. The Morgan fingerprint density at radius 3 is 1.52 bits per heavy atom. The van der Waals surface area contributed by atoms with Crippen molar-refractivity contribution in [2.24, 2.45) is 0 Å². The molecule has 4 aromatic rings. The topological polar surface area (TPSA) is 0 Å². The largest absolute Gasteiger partial charge is 0.180 e. The van der Waals surface area contributed by atoms with Crippen LogP contribution in [0.25, 0.3) is 11.3 Å². The van der Waals surface area contributed by atoms with E-state index in [-0.39, 0.29) is 0 Å². The summed E-state index contributed by atoms with van der Waals surface area (Å²) in [5.41, 5.74) is 2.68. The minimum Gasteiger partial charge on any atom is -0.0623 e. The van der Waals surface area contributed by atoms with Gasteiger partial charge in [0.1, 0.15) is 0 Å². The molecule has 0 radical (unpaired) electrons. The van der Waals surface area contributed by atoms with Gasteiger partial charge in [0, 0.05) is 0 Å². The summed E-state index contributed by atoms with van der Waals surface area (Å²) in [4.78, 5) is 0. The van der Waals surface area contributed by atoms with E-state index in [1.54, 1.807) is 0 Å². The summed E-state index contributed by atoms with van der Waals surface area (Å²) >= 11 is 0. The summed E-state index contributed by atoms with van der Waals surface area (Å²) < 4.78 is 0. The van der Waals surface area contributed by atoms with Gasteiger partial charge in [-0.3, -0.25) is 0 Å². The Labute approximate surface area is 161 Å². The molecule has 5 rings (SSSR count). The van der Waals surface area contributed by atoms with E-state index in [1.807, 2.05) is 0 Å². The molecule has 0 saturated heterocycles. The predicted octanol–water partition coefficient (Wildman–Crippen LogP) is 4.25. The molecule has 0 bridgehead atoms. The number of fused-ring (bicyclic) bond motifs is 1. The second-order valence-corrected chi connectivity index (χ2v) is 10.7.